The third-order valence-electron chi connectivity index (χ3n) is 2.96. The monoisotopic (exact) mass is 325 g/mol. The van der Waals surface area contributed by atoms with Crippen molar-refractivity contribution in [2.24, 2.45) is 0 Å². The predicted octanol–water partition coefficient (Wildman–Crippen LogP) is 5.01. The van der Waals surface area contributed by atoms with E-state index in [4.69, 9.17) is 32.7 Å². The highest BCUT2D eigenvalue weighted by Crippen LogP contribution is 2.31. The fraction of sp³-hybridized carbons (Fsp3) is 0.250. The molecule has 0 fully saturated rings. The number of halogens is 2. The summed E-state index contributed by atoms with van der Waals surface area (Å²) in [7, 11) is 1.62. The van der Waals surface area contributed by atoms with Gasteiger partial charge in [0.15, 0.2) is 11.5 Å². The third kappa shape index (κ3) is 3.96. The van der Waals surface area contributed by atoms with Crippen LogP contribution in [0.3, 0.4) is 0 Å². The normalized spacial score (nSPS) is 10.3. The number of para-hydroxylation sites is 1. The van der Waals surface area contributed by atoms with Crippen LogP contribution in [0.1, 0.15) is 12.5 Å². The molecule has 0 aromatic heterocycles. The van der Waals surface area contributed by atoms with Gasteiger partial charge in [0, 0.05) is 6.54 Å². The zero-order chi connectivity index (χ0) is 15.2. The molecular formula is C16H17Cl2NO2. The van der Waals surface area contributed by atoms with E-state index in [1.54, 1.807) is 19.2 Å². The second-order valence-electron chi connectivity index (χ2n) is 4.37. The highest BCUT2D eigenvalue weighted by Gasteiger charge is 2.07. The molecule has 21 heavy (non-hydrogen) atoms. The maximum atomic E-state index is 6.13. The first-order valence-electron chi connectivity index (χ1n) is 6.63. The Labute approximate surface area is 134 Å². The van der Waals surface area contributed by atoms with E-state index in [-0.39, 0.29) is 0 Å². The van der Waals surface area contributed by atoms with Crippen molar-refractivity contribution in [3.8, 4) is 11.5 Å². The van der Waals surface area contributed by atoms with E-state index >= 15 is 0 Å². The van der Waals surface area contributed by atoms with Gasteiger partial charge in [-0.2, -0.15) is 0 Å². The molecule has 0 amide bonds. The molecule has 0 spiro atoms. The molecule has 0 atom stereocenters. The summed E-state index contributed by atoms with van der Waals surface area (Å²) in [5.41, 5.74) is 1.78. The van der Waals surface area contributed by atoms with Gasteiger partial charge in [0.2, 0.25) is 0 Å². The van der Waals surface area contributed by atoms with Gasteiger partial charge in [0.05, 0.1) is 29.4 Å². The Morgan fingerprint density at radius 3 is 2.38 bits per heavy atom. The summed E-state index contributed by atoms with van der Waals surface area (Å²) in [6, 6.07) is 11.2. The summed E-state index contributed by atoms with van der Waals surface area (Å²) in [6.45, 7) is 3.13. The predicted molar refractivity (Wildman–Crippen MR) is 88.0 cm³/mol. The van der Waals surface area contributed by atoms with E-state index in [0.29, 0.717) is 28.9 Å². The minimum absolute atomic E-state index is 0.590. The van der Waals surface area contributed by atoms with Gasteiger partial charge in [-0.15, -0.1) is 0 Å². The Morgan fingerprint density at radius 2 is 1.76 bits per heavy atom. The number of rotatable bonds is 6. The van der Waals surface area contributed by atoms with Gasteiger partial charge < -0.3 is 14.8 Å². The molecule has 3 nitrogen and oxygen atoms in total. The van der Waals surface area contributed by atoms with Crippen LogP contribution in [-0.2, 0) is 6.54 Å². The first kappa shape index (κ1) is 15.8. The topological polar surface area (TPSA) is 30.5 Å². The molecule has 0 unspecified atom stereocenters. The zero-order valence-corrected chi connectivity index (χ0v) is 13.5. The number of methoxy groups -OCH3 is 1. The fourth-order valence-electron chi connectivity index (χ4n) is 1.95. The minimum Gasteiger partial charge on any atom is -0.493 e. The van der Waals surface area contributed by atoms with E-state index in [9.17, 15) is 0 Å². The number of nitrogens with one attached hydrogen (secondary N) is 1. The third-order valence-corrected chi connectivity index (χ3v) is 3.59. The lowest BCUT2D eigenvalue weighted by Crippen LogP contribution is -2.02. The molecule has 0 heterocycles. The number of benzene rings is 2. The van der Waals surface area contributed by atoms with Crippen LogP contribution >= 0.6 is 23.2 Å². The van der Waals surface area contributed by atoms with Gasteiger partial charge in [0.25, 0.3) is 0 Å². The number of anilines is 1. The van der Waals surface area contributed by atoms with Gasteiger partial charge in [-0.1, -0.05) is 35.3 Å². The Bertz CT molecular complexity index is 597. The maximum absolute atomic E-state index is 6.13. The molecule has 112 valence electrons. The second-order valence-corrected chi connectivity index (χ2v) is 5.18. The molecular weight excluding hydrogens is 309 g/mol. The van der Waals surface area contributed by atoms with Gasteiger partial charge in [0.1, 0.15) is 0 Å². The molecule has 2 aromatic carbocycles. The minimum atomic E-state index is 0.590. The van der Waals surface area contributed by atoms with E-state index in [1.165, 1.54) is 0 Å². The lowest BCUT2D eigenvalue weighted by atomic mass is 10.2. The zero-order valence-electron chi connectivity index (χ0n) is 12.0. The summed E-state index contributed by atoms with van der Waals surface area (Å²) in [6.07, 6.45) is 0. The Kier molecular flexibility index (Phi) is 5.59. The first-order chi connectivity index (χ1) is 10.2. The highest BCUT2D eigenvalue weighted by atomic mass is 35.5. The quantitative estimate of drug-likeness (QED) is 0.809. The molecule has 0 saturated heterocycles. The molecule has 0 aliphatic heterocycles. The average molecular weight is 326 g/mol. The molecule has 0 bridgehead atoms. The van der Waals surface area contributed by atoms with Crippen molar-refractivity contribution in [1.82, 2.24) is 0 Å². The number of hydrogen-bond donors (Lipinski definition) is 1. The molecule has 1 N–H and O–H groups in total. The smallest absolute Gasteiger partial charge is 0.161 e. The van der Waals surface area contributed by atoms with Crippen molar-refractivity contribution in [2.45, 2.75) is 13.5 Å². The van der Waals surface area contributed by atoms with Gasteiger partial charge in [-0.3, -0.25) is 0 Å². The lowest BCUT2D eigenvalue weighted by Gasteiger charge is -2.13. The summed E-state index contributed by atoms with van der Waals surface area (Å²) >= 11 is 12.3. The molecule has 0 aliphatic rings. The fourth-order valence-corrected chi connectivity index (χ4v) is 2.48. The number of hydrogen-bond acceptors (Lipinski definition) is 3. The Hall–Kier alpha value is -1.58. The lowest BCUT2D eigenvalue weighted by molar-refractivity contribution is 0.310. The van der Waals surface area contributed by atoms with Crippen LogP contribution in [0.4, 0.5) is 5.69 Å². The van der Waals surface area contributed by atoms with Crippen molar-refractivity contribution in [1.29, 1.82) is 0 Å². The van der Waals surface area contributed by atoms with Crippen molar-refractivity contribution in [3.63, 3.8) is 0 Å². The summed E-state index contributed by atoms with van der Waals surface area (Å²) in [4.78, 5) is 0. The van der Waals surface area contributed by atoms with Crippen molar-refractivity contribution >= 4 is 28.9 Å². The molecule has 2 rings (SSSR count). The van der Waals surface area contributed by atoms with E-state index in [1.807, 2.05) is 31.2 Å². The van der Waals surface area contributed by atoms with Crippen molar-refractivity contribution in [2.75, 3.05) is 19.0 Å². The highest BCUT2D eigenvalue weighted by molar-refractivity contribution is 6.39. The number of ether oxygens (including phenoxy) is 2. The van der Waals surface area contributed by atoms with Gasteiger partial charge >= 0.3 is 0 Å². The van der Waals surface area contributed by atoms with Crippen LogP contribution in [0, 0.1) is 0 Å². The molecule has 0 radical (unpaired) electrons. The van der Waals surface area contributed by atoms with Crippen LogP contribution in [0.25, 0.3) is 0 Å². The standard InChI is InChI=1S/C16H17Cl2NO2/c1-3-21-14-8-7-11(9-15(14)20-2)10-19-16-12(17)5-4-6-13(16)18/h4-9,19H,3,10H2,1-2H3. The Balaban J connectivity index is 2.13. The van der Waals surface area contributed by atoms with Gasteiger partial charge in [-0.25, -0.2) is 0 Å². The van der Waals surface area contributed by atoms with Crippen LogP contribution in [-0.4, -0.2) is 13.7 Å². The Morgan fingerprint density at radius 1 is 1.05 bits per heavy atom. The van der Waals surface area contributed by atoms with Crippen LogP contribution in [0.15, 0.2) is 36.4 Å². The van der Waals surface area contributed by atoms with E-state index in [0.717, 1.165) is 17.0 Å². The van der Waals surface area contributed by atoms with Gasteiger partial charge in [-0.05, 0) is 36.8 Å². The average Bonchev–Trinajstić information content (AvgIpc) is 2.48. The van der Waals surface area contributed by atoms with Crippen molar-refractivity contribution in [3.05, 3.63) is 52.0 Å². The second kappa shape index (κ2) is 7.43. The summed E-state index contributed by atoms with van der Waals surface area (Å²) < 4.78 is 10.8. The van der Waals surface area contributed by atoms with Crippen LogP contribution < -0.4 is 14.8 Å². The summed E-state index contributed by atoms with van der Waals surface area (Å²) in [5, 5.41) is 4.44. The van der Waals surface area contributed by atoms with Crippen LogP contribution in [0.5, 0.6) is 11.5 Å². The molecule has 5 heteroatoms. The van der Waals surface area contributed by atoms with E-state index in [2.05, 4.69) is 5.32 Å². The SMILES string of the molecule is CCOc1ccc(CNc2c(Cl)cccc2Cl)cc1OC. The maximum Gasteiger partial charge on any atom is 0.161 e. The molecule has 2 aromatic rings. The molecule has 0 aliphatic carbocycles. The molecule has 0 saturated carbocycles. The van der Waals surface area contributed by atoms with E-state index < -0.39 is 0 Å². The summed E-state index contributed by atoms with van der Waals surface area (Å²) in [5.74, 6) is 1.45. The van der Waals surface area contributed by atoms with Crippen LogP contribution in [0.2, 0.25) is 10.0 Å². The van der Waals surface area contributed by atoms with Crippen molar-refractivity contribution < 1.29 is 9.47 Å². The first-order valence-corrected chi connectivity index (χ1v) is 7.39. The largest absolute Gasteiger partial charge is 0.493 e.